The number of carbonyl (C=O) groups is 1. The molecule has 0 saturated carbocycles. The summed E-state index contributed by atoms with van der Waals surface area (Å²) >= 11 is 0. The summed E-state index contributed by atoms with van der Waals surface area (Å²) in [7, 11) is 0. The molecule has 0 aliphatic carbocycles. The van der Waals surface area contributed by atoms with E-state index in [2.05, 4.69) is 6.92 Å². The highest BCUT2D eigenvalue weighted by molar-refractivity contribution is 5.85. The van der Waals surface area contributed by atoms with Crippen LogP contribution in [0.25, 0.3) is 0 Å². The van der Waals surface area contributed by atoms with Crippen molar-refractivity contribution < 1.29 is 9.90 Å². The van der Waals surface area contributed by atoms with Gasteiger partial charge in [0.15, 0.2) is 0 Å². The quantitative estimate of drug-likeness (QED) is 0.723. The van der Waals surface area contributed by atoms with Crippen LogP contribution in [0.15, 0.2) is 0 Å². The minimum Gasteiger partial charge on any atom is -0.465 e. The maximum absolute atomic E-state index is 10.4. The molecule has 0 heterocycles. The predicted octanol–water partition coefficient (Wildman–Crippen LogP) is 2.21. The second kappa shape index (κ2) is 7.66. The van der Waals surface area contributed by atoms with E-state index >= 15 is 0 Å². The Hall–Kier alpha value is -0.440. The van der Waals surface area contributed by atoms with E-state index in [1.54, 1.807) is 0 Å². The highest BCUT2D eigenvalue weighted by Crippen LogP contribution is 1.94. The highest BCUT2D eigenvalue weighted by Gasteiger charge is 2.06. The molecule has 11 heavy (non-hydrogen) atoms. The average Bonchev–Trinajstić information content (AvgIpc) is 1.89. The van der Waals surface area contributed by atoms with Gasteiger partial charge in [0.1, 0.15) is 0 Å². The summed E-state index contributed by atoms with van der Waals surface area (Å²) in [5.41, 5.74) is 0. The maximum atomic E-state index is 10.4. The molecule has 0 unspecified atom stereocenters. The zero-order valence-electron chi connectivity index (χ0n) is 7.04. The topological polar surface area (TPSA) is 40.5 Å². The van der Waals surface area contributed by atoms with Crippen LogP contribution in [0.1, 0.15) is 26.7 Å². The smallest absolute Gasteiger partial charge is 0.407 e. The van der Waals surface area contributed by atoms with Crippen molar-refractivity contribution in [1.29, 1.82) is 0 Å². The number of carboxylic acid groups (broad SMARTS) is 1. The number of halogens is 1. The molecule has 1 N–H and O–H groups in total. The number of hydrogen-bond donors (Lipinski definition) is 1. The summed E-state index contributed by atoms with van der Waals surface area (Å²) in [5.74, 6) is 0. The van der Waals surface area contributed by atoms with Gasteiger partial charge >= 0.3 is 6.09 Å². The summed E-state index contributed by atoms with van der Waals surface area (Å²) in [5, 5.41) is 8.53. The van der Waals surface area contributed by atoms with Crippen LogP contribution in [0, 0.1) is 0 Å². The fourth-order valence-corrected chi connectivity index (χ4v) is 0.738. The average molecular weight is 182 g/mol. The predicted molar refractivity (Wildman–Crippen MR) is 47.4 cm³/mol. The molecule has 0 bridgehead atoms. The molecule has 0 aromatic carbocycles. The van der Waals surface area contributed by atoms with Crippen LogP contribution in [-0.2, 0) is 0 Å². The Bertz CT molecular complexity index is 109. The molecule has 0 radical (unpaired) electrons. The second-order valence-electron chi connectivity index (χ2n) is 2.22. The second-order valence-corrected chi connectivity index (χ2v) is 2.22. The van der Waals surface area contributed by atoms with Crippen LogP contribution in [0.2, 0.25) is 0 Å². The molecule has 0 aliphatic heterocycles. The van der Waals surface area contributed by atoms with E-state index in [0.717, 1.165) is 12.8 Å². The lowest BCUT2D eigenvalue weighted by molar-refractivity contribution is 0.147. The molecule has 0 saturated heterocycles. The Morgan fingerprint density at radius 3 is 2.27 bits per heavy atom. The molecule has 1 amide bonds. The van der Waals surface area contributed by atoms with Crippen LogP contribution >= 0.6 is 12.4 Å². The van der Waals surface area contributed by atoms with Gasteiger partial charge in [-0.1, -0.05) is 13.3 Å². The van der Waals surface area contributed by atoms with Crippen molar-refractivity contribution >= 4 is 18.5 Å². The summed E-state index contributed by atoms with van der Waals surface area (Å²) in [6.45, 7) is 5.16. The Kier molecular flexibility index (Phi) is 9.18. The summed E-state index contributed by atoms with van der Waals surface area (Å²) in [6, 6.07) is 0. The van der Waals surface area contributed by atoms with Crippen molar-refractivity contribution in [2.45, 2.75) is 26.7 Å². The first-order valence-electron chi connectivity index (χ1n) is 3.70. The molecule has 4 heteroatoms. The Morgan fingerprint density at radius 1 is 1.45 bits per heavy atom. The van der Waals surface area contributed by atoms with Gasteiger partial charge in [-0.25, -0.2) is 4.79 Å². The molecule has 0 aliphatic rings. The van der Waals surface area contributed by atoms with Gasteiger partial charge in [-0.3, -0.25) is 0 Å². The highest BCUT2D eigenvalue weighted by atomic mass is 35.5. The van der Waals surface area contributed by atoms with Gasteiger partial charge in [-0.15, -0.1) is 12.4 Å². The zero-order chi connectivity index (χ0) is 7.98. The van der Waals surface area contributed by atoms with Gasteiger partial charge < -0.3 is 10.0 Å². The lowest BCUT2D eigenvalue weighted by atomic mass is 10.3. The fraction of sp³-hybridized carbons (Fsp3) is 0.857. The van der Waals surface area contributed by atoms with Gasteiger partial charge in [-0.2, -0.15) is 0 Å². The van der Waals surface area contributed by atoms with Crippen molar-refractivity contribution in [3.05, 3.63) is 0 Å². The van der Waals surface area contributed by atoms with Crippen LogP contribution in [0.5, 0.6) is 0 Å². The molecule has 0 atom stereocenters. The first-order valence-corrected chi connectivity index (χ1v) is 3.70. The Labute approximate surface area is 73.8 Å². The molecule has 0 rings (SSSR count). The van der Waals surface area contributed by atoms with Gasteiger partial charge in [0.2, 0.25) is 0 Å². The fourth-order valence-electron chi connectivity index (χ4n) is 0.738. The third-order valence-electron chi connectivity index (χ3n) is 1.43. The molecular formula is C7H16ClNO2. The first-order chi connectivity index (χ1) is 4.72. The van der Waals surface area contributed by atoms with E-state index in [-0.39, 0.29) is 12.4 Å². The minimum atomic E-state index is -0.809. The lowest BCUT2D eigenvalue weighted by Gasteiger charge is -2.15. The SMILES string of the molecule is CCCCN(CC)C(=O)O.Cl. The standard InChI is InChI=1S/C7H15NO2.ClH/c1-3-5-6-8(4-2)7(9)10;/h3-6H2,1-2H3,(H,9,10);1H. The van der Waals surface area contributed by atoms with Crippen molar-refractivity contribution in [3.63, 3.8) is 0 Å². The van der Waals surface area contributed by atoms with Crippen LogP contribution < -0.4 is 0 Å². The van der Waals surface area contributed by atoms with Crippen LogP contribution in [-0.4, -0.2) is 29.2 Å². The summed E-state index contributed by atoms with van der Waals surface area (Å²) in [6.07, 6.45) is 1.19. The zero-order valence-corrected chi connectivity index (χ0v) is 7.86. The molecule has 3 nitrogen and oxygen atoms in total. The molecule has 68 valence electrons. The van der Waals surface area contributed by atoms with E-state index in [1.807, 2.05) is 6.92 Å². The lowest BCUT2D eigenvalue weighted by Crippen LogP contribution is -2.29. The molecule has 0 fully saturated rings. The molecule has 0 spiro atoms. The van der Waals surface area contributed by atoms with Crippen molar-refractivity contribution in [3.8, 4) is 0 Å². The maximum Gasteiger partial charge on any atom is 0.407 e. The van der Waals surface area contributed by atoms with Crippen molar-refractivity contribution in [2.24, 2.45) is 0 Å². The summed E-state index contributed by atoms with van der Waals surface area (Å²) in [4.78, 5) is 11.8. The molecule has 0 aromatic rings. The van der Waals surface area contributed by atoms with Gasteiger partial charge in [-0.05, 0) is 13.3 Å². The monoisotopic (exact) mass is 181 g/mol. The third kappa shape index (κ3) is 5.98. The van der Waals surface area contributed by atoms with Crippen LogP contribution in [0.4, 0.5) is 4.79 Å². The van der Waals surface area contributed by atoms with Crippen LogP contribution in [0.3, 0.4) is 0 Å². The van der Waals surface area contributed by atoms with Crippen molar-refractivity contribution in [1.82, 2.24) is 4.90 Å². The number of amides is 1. The number of nitrogens with zero attached hydrogens (tertiary/aromatic N) is 1. The van der Waals surface area contributed by atoms with Gasteiger partial charge in [0.05, 0.1) is 0 Å². The van der Waals surface area contributed by atoms with Gasteiger partial charge in [0.25, 0.3) is 0 Å². The van der Waals surface area contributed by atoms with E-state index in [1.165, 1.54) is 4.90 Å². The minimum absolute atomic E-state index is 0. The number of hydrogen-bond acceptors (Lipinski definition) is 1. The molecular weight excluding hydrogens is 166 g/mol. The van der Waals surface area contributed by atoms with E-state index < -0.39 is 6.09 Å². The van der Waals surface area contributed by atoms with E-state index in [9.17, 15) is 4.79 Å². The Balaban J connectivity index is 0. The van der Waals surface area contributed by atoms with Gasteiger partial charge in [0, 0.05) is 13.1 Å². The number of unbranched alkanes of at least 4 members (excludes halogenated alkanes) is 1. The normalized spacial score (nSPS) is 8.55. The molecule has 0 aromatic heterocycles. The van der Waals surface area contributed by atoms with E-state index in [4.69, 9.17) is 5.11 Å². The number of rotatable bonds is 4. The largest absolute Gasteiger partial charge is 0.465 e. The third-order valence-corrected chi connectivity index (χ3v) is 1.43. The first kappa shape index (κ1) is 13.2. The van der Waals surface area contributed by atoms with E-state index in [0.29, 0.717) is 13.1 Å². The summed E-state index contributed by atoms with van der Waals surface area (Å²) < 4.78 is 0. The van der Waals surface area contributed by atoms with Crippen molar-refractivity contribution in [2.75, 3.05) is 13.1 Å². The Morgan fingerprint density at radius 2 is 2.00 bits per heavy atom.